The number of carbonyl (C=O) groups is 1. The van der Waals surface area contributed by atoms with Crippen LogP contribution >= 0.6 is 34.3 Å². The summed E-state index contributed by atoms with van der Waals surface area (Å²) >= 11 is 9.04. The molecular formula is C38H36ClFN6O2S2. The van der Waals surface area contributed by atoms with Gasteiger partial charge in [-0.1, -0.05) is 55.8 Å². The minimum absolute atomic E-state index is 0.164. The van der Waals surface area contributed by atoms with Crippen LogP contribution < -0.4 is 15.5 Å². The van der Waals surface area contributed by atoms with Gasteiger partial charge in [0.05, 0.1) is 37.5 Å². The van der Waals surface area contributed by atoms with Gasteiger partial charge in [0.2, 0.25) is 0 Å². The second kappa shape index (κ2) is 12.5. The summed E-state index contributed by atoms with van der Waals surface area (Å²) < 4.78 is 16.0. The van der Waals surface area contributed by atoms with Crippen molar-refractivity contribution in [2.45, 2.75) is 39.0 Å². The first-order valence-electron chi connectivity index (χ1n) is 16.6. The molecule has 4 aromatic carbocycles. The number of nitrogens with one attached hydrogen (secondary N) is 2. The third-order valence-corrected chi connectivity index (χ3v) is 11.8. The number of aromatic hydroxyl groups is 1. The Morgan fingerprint density at radius 3 is 2.56 bits per heavy atom. The average Bonchev–Trinajstić information content (AvgIpc) is 3.76. The lowest BCUT2D eigenvalue weighted by atomic mass is 9.72. The number of rotatable bonds is 5. The largest absolute Gasteiger partial charge is 0.506 e. The number of carbonyl (C=O) groups excluding carboxylic acids is 1. The molecule has 4 heterocycles. The highest BCUT2D eigenvalue weighted by molar-refractivity contribution is 7.22. The van der Waals surface area contributed by atoms with Gasteiger partial charge in [0.25, 0.3) is 0 Å². The van der Waals surface area contributed by atoms with Gasteiger partial charge in [-0.2, -0.15) is 0 Å². The third-order valence-electron chi connectivity index (χ3n) is 9.52. The summed E-state index contributed by atoms with van der Waals surface area (Å²) in [5, 5.41) is 19.4. The molecule has 2 aliphatic heterocycles. The number of phenolic OH excluding ortho intramolecular Hbond substituents is 1. The SMILES string of the molecule is CC(C)(C)CN1CCC2(CC1)CN(c1ccccc1NC(=O)Nc1nc3ccc(Cl)cc3s1)c1c(O)ccc(-c3nc4cc(F)ccc4s3)c12. The zero-order valence-corrected chi connectivity index (χ0v) is 30.3. The first-order chi connectivity index (χ1) is 23.9. The molecule has 50 heavy (non-hydrogen) atoms. The molecule has 256 valence electrons. The molecule has 0 saturated carbocycles. The molecule has 0 unspecified atom stereocenters. The van der Waals surface area contributed by atoms with E-state index in [1.807, 2.05) is 42.5 Å². The van der Waals surface area contributed by atoms with Gasteiger partial charge < -0.3 is 20.2 Å². The van der Waals surface area contributed by atoms with Crippen LogP contribution in [-0.4, -0.2) is 52.2 Å². The van der Waals surface area contributed by atoms with E-state index in [1.54, 1.807) is 18.2 Å². The van der Waals surface area contributed by atoms with Crippen LogP contribution in [-0.2, 0) is 5.41 Å². The summed E-state index contributed by atoms with van der Waals surface area (Å²) in [5.74, 6) is -0.155. The van der Waals surface area contributed by atoms with Gasteiger partial charge in [-0.3, -0.25) is 5.32 Å². The predicted octanol–water partition coefficient (Wildman–Crippen LogP) is 10.2. The Kier molecular flexibility index (Phi) is 8.21. The number of fused-ring (bicyclic) bond motifs is 4. The number of piperidine rings is 1. The lowest BCUT2D eigenvalue weighted by Crippen LogP contribution is -2.47. The molecule has 8 rings (SSSR count). The van der Waals surface area contributed by atoms with E-state index in [9.17, 15) is 14.3 Å². The van der Waals surface area contributed by atoms with Gasteiger partial charge in [0.15, 0.2) is 5.13 Å². The lowest BCUT2D eigenvalue weighted by Gasteiger charge is -2.42. The van der Waals surface area contributed by atoms with Crippen LogP contribution in [0.5, 0.6) is 5.75 Å². The van der Waals surface area contributed by atoms with Gasteiger partial charge >= 0.3 is 6.03 Å². The standard InChI is InChI=1S/C38H36ClFN6O2S2/c1-37(2,3)20-45-16-14-38(15-17-45)21-46(33-29(47)12-10-24(32(33)38)34-41-27-19-23(40)9-13-30(27)49-34)28-7-5-4-6-25(28)42-35(48)44-36-43-26-11-8-22(39)18-31(26)50-36/h4-13,18-19,47H,14-17,20-21H2,1-3H3,(H2,42,43,44,48). The van der Waals surface area contributed by atoms with Crippen LogP contribution in [0.25, 0.3) is 31.0 Å². The van der Waals surface area contributed by atoms with Crippen LogP contribution in [0.1, 0.15) is 39.2 Å². The molecule has 1 saturated heterocycles. The quantitative estimate of drug-likeness (QED) is 0.164. The molecule has 2 aromatic heterocycles. The number of aromatic nitrogens is 2. The van der Waals surface area contributed by atoms with Crippen molar-refractivity contribution in [2.75, 3.05) is 41.7 Å². The molecule has 1 fully saturated rings. The van der Waals surface area contributed by atoms with Crippen LogP contribution in [0.15, 0.2) is 72.8 Å². The predicted molar refractivity (Wildman–Crippen MR) is 204 cm³/mol. The molecule has 0 atom stereocenters. The average molecular weight is 727 g/mol. The van der Waals surface area contributed by atoms with Gasteiger partial charge in [-0.15, -0.1) is 11.3 Å². The molecule has 12 heteroatoms. The molecule has 0 aliphatic carbocycles. The number of nitrogens with zero attached hydrogens (tertiary/aromatic N) is 4. The first kappa shape index (κ1) is 32.9. The number of thiazole rings is 2. The Labute approximate surface area is 302 Å². The fourth-order valence-corrected chi connectivity index (χ4v) is 9.60. The molecule has 3 N–H and O–H groups in total. The zero-order chi connectivity index (χ0) is 34.8. The normalized spacial score (nSPS) is 16.0. The molecular weight excluding hydrogens is 691 g/mol. The second-order valence-corrected chi connectivity index (χ2v) is 16.9. The van der Waals surface area contributed by atoms with E-state index in [-0.39, 0.29) is 22.4 Å². The first-order valence-corrected chi connectivity index (χ1v) is 18.6. The van der Waals surface area contributed by atoms with E-state index in [4.69, 9.17) is 16.6 Å². The van der Waals surface area contributed by atoms with E-state index in [0.29, 0.717) is 27.9 Å². The zero-order valence-electron chi connectivity index (χ0n) is 27.9. The molecule has 2 amide bonds. The summed E-state index contributed by atoms with van der Waals surface area (Å²) in [6.45, 7) is 10.3. The number of para-hydroxylation sites is 2. The van der Waals surface area contributed by atoms with Gasteiger partial charge in [-0.25, -0.2) is 19.2 Å². The topological polar surface area (TPSA) is 93.6 Å². The highest BCUT2D eigenvalue weighted by atomic mass is 35.5. The molecule has 6 aromatic rings. The fraction of sp³-hybridized carbons (Fsp3) is 0.289. The Hall–Kier alpha value is -4.29. The van der Waals surface area contributed by atoms with Crippen molar-refractivity contribution in [3.63, 3.8) is 0 Å². The van der Waals surface area contributed by atoms with E-state index in [2.05, 4.69) is 46.2 Å². The number of anilines is 4. The summed E-state index contributed by atoms with van der Waals surface area (Å²) in [7, 11) is 0. The van der Waals surface area contributed by atoms with Crippen molar-refractivity contribution in [3.8, 4) is 16.3 Å². The summed E-state index contributed by atoms with van der Waals surface area (Å²) in [6.07, 6.45) is 1.78. The summed E-state index contributed by atoms with van der Waals surface area (Å²) in [5.41, 5.74) is 5.35. The fourth-order valence-electron chi connectivity index (χ4n) is 7.49. The van der Waals surface area contributed by atoms with Crippen molar-refractivity contribution in [1.82, 2.24) is 14.9 Å². The number of likely N-dealkylation sites (tertiary alicyclic amines) is 1. The molecule has 0 bridgehead atoms. The Morgan fingerprint density at radius 1 is 0.960 bits per heavy atom. The van der Waals surface area contributed by atoms with Crippen LogP contribution in [0.3, 0.4) is 0 Å². The minimum Gasteiger partial charge on any atom is -0.506 e. The van der Waals surface area contributed by atoms with Gasteiger partial charge in [0, 0.05) is 35.2 Å². The Morgan fingerprint density at radius 2 is 1.76 bits per heavy atom. The number of hydrogen-bond donors (Lipinski definition) is 3. The monoisotopic (exact) mass is 726 g/mol. The Balaban J connectivity index is 1.18. The number of halogens is 2. The molecule has 0 radical (unpaired) electrons. The maximum absolute atomic E-state index is 14.2. The minimum atomic E-state index is -0.424. The van der Waals surface area contributed by atoms with E-state index in [1.165, 1.54) is 34.8 Å². The van der Waals surface area contributed by atoms with Crippen LogP contribution in [0, 0.1) is 11.2 Å². The van der Waals surface area contributed by atoms with E-state index < -0.39 is 6.03 Å². The number of hydrogen-bond acceptors (Lipinski definition) is 8. The third kappa shape index (κ3) is 6.17. The van der Waals surface area contributed by atoms with Crippen molar-refractivity contribution in [3.05, 3.63) is 89.2 Å². The van der Waals surface area contributed by atoms with Gasteiger partial charge in [-0.05, 0) is 91.5 Å². The highest BCUT2D eigenvalue weighted by Gasteiger charge is 2.49. The lowest BCUT2D eigenvalue weighted by molar-refractivity contribution is 0.125. The number of benzene rings is 4. The van der Waals surface area contributed by atoms with Gasteiger partial charge in [0.1, 0.15) is 16.6 Å². The number of urea groups is 1. The van der Waals surface area contributed by atoms with E-state index >= 15 is 0 Å². The summed E-state index contributed by atoms with van der Waals surface area (Å²) in [4.78, 5) is 27.5. The van der Waals surface area contributed by atoms with Crippen molar-refractivity contribution >= 4 is 82.9 Å². The maximum atomic E-state index is 14.2. The number of amides is 2. The van der Waals surface area contributed by atoms with Crippen molar-refractivity contribution in [1.29, 1.82) is 0 Å². The molecule has 8 nitrogen and oxygen atoms in total. The van der Waals surface area contributed by atoms with Crippen LogP contribution in [0.4, 0.5) is 31.4 Å². The second-order valence-electron chi connectivity index (χ2n) is 14.4. The molecule has 1 spiro atoms. The van der Waals surface area contributed by atoms with Crippen molar-refractivity contribution < 1.29 is 14.3 Å². The maximum Gasteiger partial charge on any atom is 0.325 e. The summed E-state index contributed by atoms with van der Waals surface area (Å²) in [6, 6.07) is 21.1. The highest BCUT2D eigenvalue weighted by Crippen LogP contribution is 2.57. The van der Waals surface area contributed by atoms with Crippen molar-refractivity contribution in [2.24, 2.45) is 5.41 Å². The van der Waals surface area contributed by atoms with Crippen LogP contribution in [0.2, 0.25) is 5.02 Å². The Bertz CT molecular complexity index is 2270. The smallest absolute Gasteiger partial charge is 0.325 e. The van der Waals surface area contributed by atoms with E-state index in [0.717, 1.165) is 74.9 Å². The number of phenols is 1. The molecule has 2 aliphatic rings.